The summed E-state index contributed by atoms with van der Waals surface area (Å²) < 4.78 is 0. The summed E-state index contributed by atoms with van der Waals surface area (Å²) in [5.74, 6) is 0. The maximum atomic E-state index is 6.29. The lowest BCUT2D eigenvalue weighted by Gasteiger charge is -2.26. The fourth-order valence-corrected chi connectivity index (χ4v) is 2.09. The van der Waals surface area contributed by atoms with E-state index in [1.54, 1.807) is 0 Å². The number of rotatable bonds is 3. The monoisotopic (exact) mass is 211 g/mol. The van der Waals surface area contributed by atoms with E-state index in [0.29, 0.717) is 0 Å². The molecule has 14 heavy (non-hydrogen) atoms. The van der Waals surface area contributed by atoms with Crippen LogP contribution in [0.1, 0.15) is 25.0 Å². The minimum absolute atomic E-state index is 0.0812. The summed E-state index contributed by atoms with van der Waals surface area (Å²) in [5.41, 5.74) is 2.44. The van der Waals surface area contributed by atoms with Crippen molar-refractivity contribution in [3.8, 4) is 0 Å². The van der Waals surface area contributed by atoms with E-state index in [9.17, 15) is 0 Å². The second kappa shape index (κ2) is 4.33. The molecule has 0 fully saturated rings. The molecule has 1 N–H and O–H groups in total. The molecule has 78 valence electrons. The number of benzene rings is 1. The number of hydrogen-bond donors (Lipinski definition) is 1. The van der Waals surface area contributed by atoms with Crippen LogP contribution in [0.4, 0.5) is 0 Å². The van der Waals surface area contributed by atoms with Gasteiger partial charge in [-0.3, -0.25) is 0 Å². The first-order valence-corrected chi connectivity index (χ1v) is 5.27. The van der Waals surface area contributed by atoms with Crippen LogP contribution in [-0.4, -0.2) is 13.6 Å². The van der Waals surface area contributed by atoms with E-state index >= 15 is 0 Å². The zero-order valence-electron chi connectivity index (χ0n) is 9.32. The Morgan fingerprint density at radius 1 is 1.36 bits per heavy atom. The van der Waals surface area contributed by atoms with Crippen molar-refractivity contribution in [2.75, 3.05) is 13.6 Å². The van der Waals surface area contributed by atoms with Gasteiger partial charge in [0.25, 0.3) is 0 Å². The number of aryl methyl sites for hydroxylation is 1. The van der Waals surface area contributed by atoms with E-state index in [-0.39, 0.29) is 5.41 Å². The Labute approximate surface area is 91.5 Å². The average molecular weight is 212 g/mol. The zero-order chi connectivity index (χ0) is 10.8. The van der Waals surface area contributed by atoms with Gasteiger partial charge in [-0.25, -0.2) is 0 Å². The number of likely N-dealkylation sites (N-methyl/N-ethyl adjacent to an activating group) is 1. The predicted molar refractivity (Wildman–Crippen MR) is 63.1 cm³/mol. The summed E-state index contributed by atoms with van der Waals surface area (Å²) in [6.07, 6.45) is 0. The highest BCUT2D eigenvalue weighted by Crippen LogP contribution is 2.31. The Balaban J connectivity index is 3.12. The van der Waals surface area contributed by atoms with Crippen LogP contribution in [0, 0.1) is 6.92 Å². The lowest BCUT2D eigenvalue weighted by Crippen LogP contribution is -2.31. The molecular weight excluding hydrogens is 194 g/mol. The Bertz CT molecular complexity index is 318. The van der Waals surface area contributed by atoms with E-state index in [1.165, 1.54) is 5.56 Å². The van der Waals surface area contributed by atoms with Crippen LogP contribution in [0.2, 0.25) is 5.02 Å². The Morgan fingerprint density at radius 2 is 2.00 bits per heavy atom. The van der Waals surface area contributed by atoms with Gasteiger partial charge in [-0.1, -0.05) is 43.6 Å². The molecule has 0 bridgehead atoms. The van der Waals surface area contributed by atoms with Gasteiger partial charge in [-0.2, -0.15) is 0 Å². The first-order chi connectivity index (χ1) is 6.49. The number of halogens is 1. The van der Waals surface area contributed by atoms with Gasteiger partial charge in [-0.05, 0) is 25.1 Å². The number of hydrogen-bond acceptors (Lipinski definition) is 1. The molecule has 0 atom stereocenters. The highest BCUT2D eigenvalue weighted by atomic mass is 35.5. The maximum absolute atomic E-state index is 6.29. The van der Waals surface area contributed by atoms with E-state index < -0.39 is 0 Å². The van der Waals surface area contributed by atoms with E-state index in [0.717, 1.165) is 17.1 Å². The van der Waals surface area contributed by atoms with Crippen LogP contribution in [0.5, 0.6) is 0 Å². The summed E-state index contributed by atoms with van der Waals surface area (Å²) in [5, 5.41) is 4.09. The largest absolute Gasteiger partial charge is 0.319 e. The highest BCUT2D eigenvalue weighted by Gasteiger charge is 2.22. The molecule has 0 aliphatic rings. The van der Waals surface area contributed by atoms with Gasteiger partial charge < -0.3 is 5.32 Å². The topological polar surface area (TPSA) is 12.0 Å². The van der Waals surface area contributed by atoms with Gasteiger partial charge in [0.1, 0.15) is 0 Å². The standard InChI is InChI=1S/C12H18ClN/c1-9-6-5-7-10(11(9)13)12(2,3)8-14-4/h5-7,14H,8H2,1-4H3. The van der Waals surface area contributed by atoms with Gasteiger partial charge in [0.2, 0.25) is 0 Å². The van der Waals surface area contributed by atoms with Gasteiger partial charge in [0.05, 0.1) is 0 Å². The second-order valence-electron chi connectivity index (χ2n) is 4.35. The third-order valence-electron chi connectivity index (χ3n) is 2.54. The minimum Gasteiger partial charge on any atom is -0.319 e. The van der Waals surface area contributed by atoms with Crippen molar-refractivity contribution in [2.45, 2.75) is 26.2 Å². The molecule has 0 unspecified atom stereocenters. The van der Waals surface area contributed by atoms with Gasteiger partial charge >= 0.3 is 0 Å². The van der Waals surface area contributed by atoms with Gasteiger partial charge in [0, 0.05) is 17.0 Å². The Hall–Kier alpha value is -0.530. The summed E-state index contributed by atoms with van der Waals surface area (Å²) >= 11 is 6.29. The SMILES string of the molecule is CNCC(C)(C)c1cccc(C)c1Cl. The van der Waals surface area contributed by atoms with Crippen LogP contribution in [0.3, 0.4) is 0 Å². The molecule has 1 nitrogen and oxygen atoms in total. The normalized spacial score (nSPS) is 11.8. The molecule has 0 radical (unpaired) electrons. The molecule has 0 heterocycles. The molecule has 0 amide bonds. The van der Waals surface area contributed by atoms with Crippen molar-refractivity contribution in [2.24, 2.45) is 0 Å². The van der Waals surface area contributed by atoms with Crippen LogP contribution in [0.25, 0.3) is 0 Å². The highest BCUT2D eigenvalue weighted by molar-refractivity contribution is 6.32. The average Bonchev–Trinajstić information content (AvgIpc) is 2.09. The van der Waals surface area contributed by atoms with Crippen LogP contribution in [-0.2, 0) is 5.41 Å². The van der Waals surface area contributed by atoms with E-state index in [4.69, 9.17) is 11.6 Å². The minimum atomic E-state index is 0.0812. The van der Waals surface area contributed by atoms with Crippen molar-refractivity contribution in [3.05, 3.63) is 34.3 Å². The van der Waals surface area contributed by atoms with Crippen LogP contribution >= 0.6 is 11.6 Å². The first-order valence-electron chi connectivity index (χ1n) is 4.89. The van der Waals surface area contributed by atoms with Gasteiger partial charge in [-0.15, -0.1) is 0 Å². The van der Waals surface area contributed by atoms with Crippen molar-refractivity contribution in [3.63, 3.8) is 0 Å². The van der Waals surface area contributed by atoms with E-state index in [2.05, 4.69) is 31.3 Å². The Morgan fingerprint density at radius 3 is 2.57 bits per heavy atom. The summed E-state index contributed by atoms with van der Waals surface area (Å²) in [4.78, 5) is 0. The molecule has 1 aromatic rings. The fourth-order valence-electron chi connectivity index (χ4n) is 1.71. The number of nitrogens with one attached hydrogen (secondary N) is 1. The summed E-state index contributed by atoms with van der Waals surface area (Å²) in [6, 6.07) is 6.21. The van der Waals surface area contributed by atoms with Crippen molar-refractivity contribution >= 4 is 11.6 Å². The molecule has 1 aromatic carbocycles. The first kappa shape index (κ1) is 11.5. The van der Waals surface area contributed by atoms with Crippen LogP contribution < -0.4 is 5.32 Å². The molecule has 0 aromatic heterocycles. The lowest BCUT2D eigenvalue weighted by atomic mass is 9.84. The fraction of sp³-hybridized carbons (Fsp3) is 0.500. The smallest absolute Gasteiger partial charge is 0.0473 e. The molecule has 0 saturated heterocycles. The predicted octanol–water partition coefficient (Wildman–Crippen LogP) is 3.15. The molecule has 1 rings (SSSR count). The summed E-state index contributed by atoms with van der Waals surface area (Å²) in [7, 11) is 1.96. The zero-order valence-corrected chi connectivity index (χ0v) is 10.1. The second-order valence-corrected chi connectivity index (χ2v) is 4.73. The van der Waals surface area contributed by atoms with E-state index in [1.807, 2.05) is 20.0 Å². The third kappa shape index (κ3) is 2.28. The Kier molecular flexibility index (Phi) is 3.57. The molecule has 0 saturated carbocycles. The summed E-state index contributed by atoms with van der Waals surface area (Å²) in [6.45, 7) is 7.37. The van der Waals surface area contributed by atoms with Crippen LogP contribution in [0.15, 0.2) is 18.2 Å². The van der Waals surface area contributed by atoms with Crippen molar-refractivity contribution in [1.29, 1.82) is 0 Å². The molecule has 2 heteroatoms. The third-order valence-corrected chi connectivity index (χ3v) is 3.04. The van der Waals surface area contributed by atoms with Crippen molar-refractivity contribution in [1.82, 2.24) is 5.32 Å². The van der Waals surface area contributed by atoms with Crippen molar-refractivity contribution < 1.29 is 0 Å². The molecule has 0 aliphatic heterocycles. The quantitative estimate of drug-likeness (QED) is 0.810. The maximum Gasteiger partial charge on any atom is 0.0473 e. The lowest BCUT2D eigenvalue weighted by molar-refractivity contribution is 0.494. The van der Waals surface area contributed by atoms with Gasteiger partial charge in [0.15, 0.2) is 0 Å². The molecular formula is C12H18ClN. The molecule has 0 spiro atoms. The molecule has 0 aliphatic carbocycles.